The summed E-state index contributed by atoms with van der Waals surface area (Å²) in [6, 6.07) is 6.90. The van der Waals surface area contributed by atoms with Crippen LogP contribution in [0.15, 0.2) is 36.7 Å². The number of nitrogens with one attached hydrogen (secondary N) is 2. The lowest BCUT2D eigenvalue weighted by Gasteiger charge is -2.31. The quantitative estimate of drug-likeness (QED) is 0.518. The summed E-state index contributed by atoms with van der Waals surface area (Å²) in [5.41, 5.74) is 2.04. The van der Waals surface area contributed by atoms with Crippen molar-refractivity contribution in [2.45, 2.75) is 32.8 Å². The summed E-state index contributed by atoms with van der Waals surface area (Å²) in [4.78, 5) is 33.1. The number of pyridine rings is 2. The van der Waals surface area contributed by atoms with Crippen molar-refractivity contribution in [2.75, 3.05) is 10.6 Å². The lowest BCUT2D eigenvalue weighted by molar-refractivity contribution is -0.123. The number of hydrogen-bond acceptors (Lipinski definition) is 7. The molecule has 0 saturated heterocycles. The smallest absolute Gasteiger partial charge is 0.413 e. The van der Waals surface area contributed by atoms with Crippen molar-refractivity contribution in [3.05, 3.63) is 47.4 Å². The summed E-state index contributed by atoms with van der Waals surface area (Å²) in [6.07, 6.45) is 3.62. The second-order valence-corrected chi connectivity index (χ2v) is 8.52. The van der Waals surface area contributed by atoms with Gasteiger partial charge in [-0.1, -0.05) is 29.8 Å². The van der Waals surface area contributed by atoms with Crippen molar-refractivity contribution in [1.29, 1.82) is 0 Å². The molecule has 3 aromatic rings. The van der Waals surface area contributed by atoms with Crippen molar-refractivity contribution in [3.63, 3.8) is 0 Å². The predicted molar refractivity (Wildman–Crippen MR) is 123 cm³/mol. The van der Waals surface area contributed by atoms with Gasteiger partial charge in [0, 0.05) is 24.7 Å². The van der Waals surface area contributed by atoms with Crippen LogP contribution in [0.5, 0.6) is 0 Å². The van der Waals surface area contributed by atoms with E-state index in [1.807, 2.05) is 0 Å². The molecule has 3 aromatic heterocycles. The number of ether oxygens (including phenoxy) is 1. The van der Waals surface area contributed by atoms with Crippen molar-refractivity contribution in [1.82, 2.24) is 25.0 Å². The van der Waals surface area contributed by atoms with Gasteiger partial charge in [0.05, 0.1) is 17.6 Å². The van der Waals surface area contributed by atoms with E-state index in [1.54, 1.807) is 50.6 Å². The molecule has 2 N–H and O–H groups in total. The first kappa shape index (κ1) is 22.7. The van der Waals surface area contributed by atoms with Gasteiger partial charge in [0.25, 0.3) is 0 Å². The lowest BCUT2D eigenvalue weighted by Crippen LogP contribution is -2.33. The van der Waals surface area contributed by atoms with Gasteiger partial charge in [-0.15, -0.1) is 5.10 Å². The number of nitrogens with zero attached hydrogens (tertiary/aromatic N) is 5. The maximum atomic E-state index is 12.5. The zero-order valence-electron chi connectivity index (χ0n) is 18.4. The van der Waals surface area contributed by atoms with E-state index in [-0.39, 0.29) is 17.0 Å². The third-order valence-electron chi connectivity index (χ3n) is 5.58. The number of anilines is 2. The average Bonchev–Trinajstić information content (AvgIpc) is 3.12. The molecular formula is C22H24ClN7O3. The highest BCUT2D eigenvalue weighted by Crippen LogP contribution is 2.34. The Hall–Kier alpha value is -3.53. The molecule has 4 rings (SSSR count). The molecule has 0 aliphatic heterocycles. The molecule has 1 aliphatic carbocycles. The average molecular weight is 470 g/mol. The Morgan fingerprint density at radius 2 is 2.00 bits per heavy atom. The predicted octanol–water partition coefficient (Wildman–Crippen LogP) is 4.22. The third-order valence-corrected chi connectivity index (χ3v) is 5.89. The van der Waals surface area contributed by atoms with Gasteiger partial charge in [0.2, 0.25) is 5.91 Å². The first-order valence-electron chi connectivity index (χ1n) is 10.6. The number of aryl methyl sites for hydroxylation is 1. The summed E-state index contributed by atoms with van der Waals surface area (Å²) in [7, 11) is 1.64. The molecule has 1 fully saturated rings. The van der Waals surface area contributed by atoms with Crippen LogP contribution in [0, 0.1) is 11.8 Å². The number of amides is 2. The maximum absolute atomic E-state index is 12.5. The number of halogens is 1. The van der Waals surface area contributed by atoms with E-state index in [2.05, 4.69) is 37.8 Å². The van der Waals surface area contributed by atoms with Gasteiger partial charge in [-0.05, 0) is 43.9 Å². The molecule has 3 heterocycles. The van der Waals surface area contributed by atoms with E-state index in [1.165, 1.54) is 4.68 Å². The zero-order valence-corrected chi connectivity index (χ0v) is 19.2. The van der Waals surface area contributed by atoms with Gasteiger partial charge in [-0.25, -0.2) is 14.5 Å². The molecule has 0 radical (unpaired) electrons. The van der Waals surface area contributed by atoms with Crippen LogP contribution in [-0.2, 0) is 16.6 Å². The van der Waals surface area contributed by atoms with E-state index in [4.69, 9.17) is 16.3 Å². The number of hydrogen-bond donors (Lipinski definition) is 2. The summed E-state index contributed by atoms with van der Waals surface area (Å²) < 4.78 is 6.84. The minimum absolute atomic E-state index is 0.00935. The second kappa shape index (κ2) is 9.53. The van der Waals surface area contributed by atoms with Crippen LogP contribution < -0.4 is 10.6 Å². The van der Waals surface area contributed by atoms with Crippen LogP contribution in [-0.4, -0.2) is 37.0 Å². The molecule has 33 heavy (non-hydrogen) atoms. The van der Waals surface area contributed by atoms with Gasteiger partial charge in [-0.2, -0.15) is 0 Å². The van der Waals surface area contributed by atoms with Crippen LogP contribution >= 0.6 is 11.6 Å². The summed E-state index contributed by atoms with van der Waals surface area (Å²) >= 11 is 6.07. The van der Waals surface area contributed by atoms with Crippen molar-refractivity contribution >= 4 is 35.1 Å². The molecule has 1 atom stereocenters. The fourth-order valence-electron chi connectivity index (χ4n) is 3.69. The molecule has 172 valence electrons. The molecule has 0 aromatic carbocycles. The highest BCUT2D eigenvalue weighted by atomic mass is 35.5. The molecule has 0 unspecified atom stereocenters. The Morgan fingerprint density at radius 3 is 2.67 bits per heavy atom. The normalized spacial score (nSPS) is 18.2. The second-order valence-electron chi connectivity index (χ2n) is 8.16. The summed E-state index contributed by atoms with van der Waals surface area (Å²) in [5, 5.41) is 13.9. The number of carbonyl (C=O) groups excluding carboxylic acids is 2. The Morgan fingerprint density at radius 1 is 1.21 bits per heavy atom. The van der Waals surface area contributed by atoms with E-state index >= 15 is 0 Å². The standard InChI is InChI=1S/C22H24ClN7O3/c1-12-9-14(10-12)21(31)26-15-6-7-17(25-11-15)18-20(30(3)29-28-18)27-22(32)33-13(2)16-5-4-8-24-19(16)23/h4-8,11-14H,9-10H2,1-3H3,(H,26,31)(H,27,32)/t12?,13-,14?/m1/s1. The molecule has 1 aliphatic rings. The molecule has 1 saturated carbocycles. The molecule has 10 nitrogen and oxygen atoms in total. The van der Waals surface area contributed by atoms with E-state index in [0.29, 0.717) is 34.4 Å². The van der Waals surface area contributed by atoms with Crippen molar-refractivity contribution in [3.8, 4) is 11.4 Å². The van der Waals surface area contributed by atoms with E-state index < -0.39 is 12.2 Å². The molecule has 2 amide bonds. The molecule has 0 bridgehead atoms. The third kappa shape index (κ3) is 5.11. The SMILES string of the molecule is CC1CC(C(=O)Nc2ccc(-c3nnn(C)c3NC(=O)O[C@H](C)c3cccnc3Cl)nc2)C1. The van der Waals surface area contributed by atoms with Crippen LogP contribution in [0.25, 0.3) is 11.4 Å². The van der Waals surface area contributed by atoms with Crippen LogP contribution in [0.1, 0.15) is 38.4 Å². The lowest BCUT2D eigenvalue weighted by atomic mass is 9.75. The van der Waals surface area contributed by atoms with Crippen LogP contribution in [0.3, 0.4) is 0 Å². The topological polar surface area (TPSA) is 124 Å². The number of carbonyl (C=O) groups is 2. The summed E-state index contributed by atoms with van der Waals surface area (Å²) in [6.45, 7) is 3.83. The van der Waals surface area contributed by atoms with Crippen molar-refractivity contribution < 1.29 is 14.3 Å². The maximum Gasteiger partial charge on any atom is 0.413 e. The van der Waals surface area contributed by atoms with Gasteiger partial charge < -0.3 is 10.1 Å². The number of aromatic nitrogens is 5. The van der Waals surface area contributed by atoms with E-state index in [9.17, 15) is 9.59 Å². The zero-order chi connectivity index (χ0) is 23.5. The Balaban J connectivity index is 1.42. The molecular weight excluding hydrogens is 446 g/mol. The van der Waals surface area contributed by atoms with Gasteiger partial charge in [0.15, 0.2) is 11.5 Å². The highest BCUT2D eigenvalue weighted by Gasteiger charge is 2.31. The van der Waals surface area contributed by atoms with Crippen LogP contribution in [0.4, 0.5) is 16.3 Å². The van der Waals surface area contributed by atoms with E-state index in [0.717, 1.165) is 12.8 Å². The Labute approximate surface area is 195 Å². The first-order valence-corrected chi connectivity index (χ1v) is 10.9. The summed E-state index contributed by atoms with van der Waals surface area (Å²) in [5.74, 6) is 0.984. The van der Waals surface area contributed by atoms with Crippen LogP contribution in [0.2, 0.25) is 5.15 Å². The Bertz CT molecular complexity index is 1160. The van der Waals surface area contributed by atoms with Crippen molar-refractivity contribution in [2.24, 2.45) is 18.9 Å². The minimum atomic E-state index is -0.701. The van der Waals surface area contributed by atoms with Gasteiger partial charge in [-0.3, -0.25) is 15.1 Å². The largest absolute Gasteiger partial charge is 0.441 e. The fourth-order valence-corrected chi connectivity index (χ4v) is 3.96. The first-order chi connectivity index (χ1) is 15.8. The monoisotopic (exact) mass is 469 g/mol. The number of rotatable bonds is 6. The Kier molecular flexibility index (Phi) is 6.55. The molecule has 0 spiro atoms. The fraction of sp³-hybridized carbons (Fsp3) is 0.364. The van der Waals surface area contributed by atoms with Gasteiger partial charge >= 0.3 is 6.09 Å². The molecule has 11 heteroatoms. The van der Waals surface area contributed by atoms with Gasteiger partial charge in [0.1, 0.15) is 11.3 Å². The highest BCUT2D eigenvalue weighted by molar-refractivity contribution is 6.30. The minimum Gasteiger partial charge on any atom is -0.441 e.